The van der Waals surface area contributed by atoms with Crippen LogP contribution in [-0.2, 0) is 25.6 Å². The molecule has 0 saturated heterocycles. The molecule has 0 aliphatic carbocycles. The smallest absolute Gasteiger partial charge is 0.308 e. The van der Waals surface area contributed by atoms with Crippen molar-refractivity contribution >= 4 is 29.2 Å². The maximum absolute atomic E-state index is 13.7. The third kappa shape index (κ3) is 4.85. The van der Waals surface area contributed by atoms with Gasteiger partial charge in [-0.2, -0.15) is 0 Å². The van der Waals surface area contributed by atoms with Gasteiger partial charge < -0.3 is 14.4 Å². The molecule has 32 heavy (non-hydrogen) atoms. The summed E-state index contributed by atoms with van der Waals surface area (Å²) in [6.45, 7) is 2.32. The van der Waals surface area contributed by atoms with E-state index in [2.05, 4.69) is 0 Å². The number of carbonyl (C=O) groups is 2. The highest BCUT2D eigenvalue weighted by Gasteiger charge is 2.38. The minimum atomic E-state index is -0.992. The molecule has 0 N–H and O–H groups in total. The van der Waals surface area contributed by atoms with Crippen LogP contribution in [0.1, 0.15) is 36.1 Å². The van der Waals surface area contributed by atoms with Gasteiger partial charge in [0.15, 0.2) is 0 Å². The Bertz CT molecular complexity index is 1090. The maximum atomic E-state index is 13.7. The summed E-state index contributed by atoms with van der Waals surface area (Å²) in [7, 11) is 0. The third-order valence-corrected chi connectivity index (χ3v) is 5.58. The molecule has 1 amide bonds. The molecule has 5 nitrogen and oxygen atoms in total. The number of anilines is 1. The average Bonchev–Trinajstić information content (AvgIpc) is 2.91. The SMILES string of the molecule is CCOC(=O)C[C@H]1O[C@H](c2ccccc2)c2cc(Cl)ccc2N(Cc2ccccc2)C1=O. The van der Waals surface area contributed by atoms with Gasteiger partial charge in [-0.05, 0) is 36.2 Å². The standard InChI is InChI=1S/C26H24ClNO4/c1-2-31-24(29)16-23-26(30)28(17-18-9-5-3-6-10-18)22-14-13-20(27)15-21(22)25(32-23)19-11-7-4-8-12-19/h3-15,23,25H,2,16-17H2,1H3/t23-,25-/m1/s1. The van der Waals surface area contributed by atoms with Gasteiger partial charge in [-0.15, -0.1) is 0 Å². The fourth-order valence-electron chi connectivity index (χ4n) is 3.89. The summed E-state index contributed by atoms with van der Waals surface area (Å²) in [6, 6.07) is 24.8. The van der Waals surface area contributed by atoms with Crippen molar-refractivity contribution in [1.29, 1.82) is 0 Å². The Morgan fingerprint density at radius 1 is 1.03 bits per heavy atom. The number of carbonyl (C=O) groups excluding carboxylic acids is 2. The molecule has 1 aliphatic heterocycles. The molecule has 0 spiro atoms. The summed E-state index contributed by atoms with van der Waals surface area (Å²) >= 11 is 6.36. The predicted octanol–water partition coefficient (Wildman–Crippen LogP) is 5.31. The number of amides is 1. The number of esters is 1. The quantitative estimate of drug-likeness (QED) is 0.478. The van der Waals surface area contributed by atoms with E-state index in [4.69, 9.17) is 21.1 Å². The van der Waals surface area contributed by atoms with Crippen LogP contribution in [0.4, 0.5) is 5.69 Å². The van der Waals surface area contributed by atoms with E-state index in [9.17, 15) is 9.59 Å². The highest BCUT2D eigenvalue weighted by atomic mass is 35.5. The largest absolute Gasteiger partial charge is 0.466 e. The zero-order chi connectivity index (χ0) is 22.5. The minimum absolute atomic E-state index is 0.164. The molecule has 2 atom stereocenters. The molecule has 1 heterocycles. The number of rotatable bonds is 6. The number of halogens is 1. The van der Waals surface area contributed by atoms with Crippen molar-refractivity contribution in [2.24, 2.45) is 0 Å². The summed E-state index contributed by atoms with van der Waals surface area (Å²) in [6.07, 6.45) is -1.72. The summed E-state index contributed by atoms with van der Waals surface area (Å²) in [5.41, 5.74) is 3.33. The number of hydrogen-bond donors (Lipinski definition) is 0. The van der Waals surface area contributed by atoms with Gasteiger partial charge in [0.2, 0.25) is 0 Å². The zero-order valence-corrected chi connectivity index (χ0v) is 18.5. The Balaban J connectivity index is 1.82. The Morgan fingerprint density at radius 2 is 1.72 bits per heavy atom. The van der Waals surface area contributed by atoms with Crippen molar-refractivity contribution in [1.82, 2.24) is 0 Å². The lowest BCUT2D eigenvalue weighted by Crippen LogP contribution is -2.40. The number of ether oxygens (including phenoxy) is 2. The van der Waals surface area contributed by atoms with E-state index in [1.165, 1.54) is 0 Å². The number of benzene rings is 3. The Morgan fingerprint density at radius 3 is 2.41 bits per heavy atom. The fraction of sp³-hybridized carbons (Fsp3) is 0.231. The second-order valence-corrected chi connectivity index (χ2v) is 7.97. The first-order valence-corrected chi connectivity index (χ1v) is 11.0. The van der Waals surface area contributed by atoms with Gasteiger partial charge in [0, 0.05) is 10.6 Å². The van der Waals surface area contributed by atoms with E-state index in [0.29, 0.717) is 17.3 Å². The number of nitrogens with zero attached hydrogens (tertiary/aromatic N) is 1. The highest BCUT2D eigenvalue weighted by molar-refractivity contribution is 6.30. The molecular weight excluding hydrogens is 426 g/mol. The summed E-state index contributed by atoms with van der Waals surface area (Å²) in [5, 5.41) is 0.546. The van der Waals surface area contributed by atoms with Gasteiger partial charge >= 0.3 is 5.97 Å². The lowest BCUT2D eigenvalue weighted by Gasteiger charge is -2.25. The molecule has 1 aliphatic rings. The number of hydrogen-bond acceptors (Lipinski definition) is 4. The molecular formula is C26H24ClNO4. The zero-order valence-electron chi connectivity index (χ0n) is 17.7. The van der Waals surface area contributed by atoms with E-state index < -0.39 is 18.2 Å². The minimum Gasteiger partial charge on any atom is -0.466 e. The first-order chi connectivity index (χ1) is 15.6. The molecule has 6 heteroatoms. The molecule has 164 valence electrons. The first-order valence-electron chi connectivity index (χ1n) is 10.6. The van der Waals surface area contributed by atoms with E-state index >= 15 is 0 Å². The van der Waals surface area contributed by atoms with Gasteiger partial charge in [0.25, 0.3) is 5.91 Å². The Labute approximate surface area is 192 Å². The van der Waals surface area contributed by atoms with E-state index in [1.807, 2.05) is 72.8 Å². The van der Waals surface area contributed by atoms with Gasteiger partial charge in [0.05, 0.1) is 25.3 Å². The van der Waals surface area contributed by atoms with Crippen molar-refractivity contribution in [3.63, 3.8) is 0 Å². The topological polar surface area (TPSA) is 55.8 Å². The first kappa shape index (κ1) is 22.1. The van der Waals surface area contributed by atoms with Crippen LogP contribution in [0.25, 0.3) is 0 Å². The molecule has 3 aromatic rings. The van der Waals surface area contributed by atoms with E-state index in [-0.39, 0.29) is 18.9 Å². The van der Waals surface area contributed by atoms with Crippen LogP contribution < -0.4 is 4.90 Å². The monoisotopic (exact) mass is 449 g/mol. The summed E-state index contributed by atoms with van der Waals surface area (Å²) < 4.78 is 11.4. The highest BCUT2D eigenvalue weighted by Crippen LogP contribution is 2.40. The van der Waals surface area contributed by atoms with Gasteiger partial charge in [0.1, 0.15) is 12.2 Å². The van der Waals surface area contributed by atoms with Crippen LogP contribution in [0, 0.1) is 0 Å². The second-order valence-electron chi connectivity index (χ2n) is 7.54. The van der Waals surface area contributed by atoms with Crippen LogP contribution >= 0.6 is 11.6 Å². The van der Waals surface area contributed by atoms with E-state index in [0.717, 1.165) is 16.7 Å². The van der Waals surface area contributed by atoms with Crippen molar-refractivity contribution in [2.75, 3.05) is 11.5 Å². The molecule has 0 saturated carbocycles. The summed E-state index contributed by atoms with van der Waals surface area (Å²) in [5.74, 6) is -0.759. The number of fused-ring (bicyclic) bond motifs is 1. The molecule has 0 aromatic heterocycles. The molecule has 0 fully saturated rings. The predicted molar refractivity (Wildman–Crippen MR) is 123 cm³/mol. The molecule has 0 radical (unpaired) electrons. The molecule has 0 bridgehead atoms. The van der Waals surface area contributed by atoms with Crippen LogP contribution in [0.5, 0.6) is 0 Å². The average molecular weight is 450 g/mol. The second kappa shape index (κ2) is 9.98. The molecule has 4 rings (SSSR count). The van der Waals surface area contributed by atoms with Crippen molar-refractivity contribution in [3.8, 4) is 0 Å². The Kier molecular flexibility index (Phi) is 6.88. The third-order valence-electron chi connectivity index (χ3n) is 5.35. The van der Waals surface area contributed by atoms with Crippen LogP contribution in [0.15, 0.2) is 78.9 Å². The van der Waals surface area contributed by atoms with Gasteiger partial charge in [-0.25, -0.2) is 0 Å². The van der Waals surface area contributed by atoms with Crippen LogP contribution in [0.3, 0.4) is 0 Å². The molecule has 0 unspecified atom stereocenters. The summed E-state index contributed by atoms with van der Waals surface area (Å²) in [4.78, 5) is 27.7. The van der Waals surface area contributed by atoms with Crippen molar-refractivity contribution < 1.29 is 19.1 Å². The maximum Gasteiger partial charge on any atom is 0.308 e. The van der Waals surface area contributed by atoms with Gasteiger partial charge in [-0.3, -0.25) is 9.59 Å². The van der Waals surface area contributed by atoms with Gasteiger partial charge in [-0.1, -0.05) is 72.3 Å². The van der Waals surface area contributed by atoms with Crippen molar-refractivity contribution in [3.05, 3.63) is 101 Å². The van der Waals surface area contributed by atoms with Crippen molar-refractivity contribution in [2.45, 2.75) is 32.1 Å². The van der Waals surface area contributed by atoms with Crippen LogP contribution in [-0.4, -0.2) is 24.6 Å². The lowest BCUT2D eigenvalue weighted by atomic mass is 9.99. The fourth-order valence-corrected chi connectivity index (χ4v) is 4.07. The molecule has 3 aromatic carbocycles. The van der Waals surface area contributed by atoms with Crippen LogP contribution in [0.2, 0.25) is 5.02 Å². The lowest BCUT2D eigenvalue weighted by molar-refractivity contribution is -0.151. The normalized spacial score (nSPS) is 18.1. The Hall–Kier alpha value is -3.15. The van der Waals surface area contributed by atoms with E-state index in [1.54, 1.807) is 17.9 Å².